The van der Waals surface area contributed by atoms with E-state index in [0.717, 1.165) is 12.1 Å². The van der Waals surface area contributed by atoms with Gasteiger partial charge in [0.1, 0.15) is 0 Å². The number of hydrogen-bond donors (Lipinski definition) is 2. The summed E-state index contributed by atoms with van der Waals surface area (Å²) in [6.07, 6.45) is -3.72. The van der Waals surface area contributed by atoms with E-state index in [1.165, 1.54) is 6.07 Å². The molecule has 1 atom stereocenters. The van der Waals surface area contributed by atoms with Crippen molar-refractivity contribution in [3.63, 3.8) is 0 Å². The van der Waals surface area contributed by atoms with E-state index in [9.17, 15) is 17.6 Å². The molecule has 1 rings (SSSR count). The molecule has 0 fully saturated rings. The van der Waals surface area contributed by atoms with Crippen molar-refractivity contribution >= 4 is 12.4 Å². The number of hydrogen-bond acceptors (Lipinski definition) is 3. The van der Waals surface area contributed by atoms with Crippen molar-refractivity contribution in [3.05, 3.63) is 29.6 Å². The summed E-state index contributed by atoms with van der Waals surface area (Å²) in [5.74, 6) is -1.95. The minimum atomic E-state index is -4.91. The maximum atomic E-state index is 13.4. The van der Waals surface area contributed by atoms with Crippen molar-refractivity contribution in [2.45, 2.75) is 25.2 Å². The lowest BCUT2D eigenvalue weighted by Crippen LogP contribution is -2.18. The van der Waals surface area contributed by atoms with Crippen LogP contribution in [0.2, 0.25) is 0 Å². The predicted molar refractivity (Wildman–Crippen MR) is 65.5 cm³/mol. The molecule has 4 N–H and O–H groups in total. The largest absolute Gasteiger partial charge is 0.573 e. The van der Waals surface area contributed by atoms with E-state index in [1.54, 1.807) is 0 Å². The van der Waals surface area contributed by atoms with Gasteiger partial charge in [-0.1, -0.05) is 6.07 Å². The SMILES string of the molecule is Cl.NCCC[C@@H](N)c1ccc(OC(F)(F)F)c(F)c1. The molecule has 0 saturated heterocycles. The maximum absolute atomic E-state index is 13.4. The summed E-state index contributed by atoms with van der Waals surface area (Å²) in [6.45, 7) is 0.450. The van der Waals surface area contributed by atoms with E-state index < -0.39 is 24.0 Å². The number of alkyl halides is 3. The number of halogens is 5. The van der Waals surface area contributed by atoms with Crippen LogP contribution in [0.25, 0.3) is 0 Å². The fourth-order valence-electron chi connectivity index (χ4n) is 1.46. The number of benzene rings is 1. The van der Waals surface area contributed by atoms with Crippen molar-refractivity contribution in [1.29, 1.82) is 0 Å². The Labute approximate surface area is 114 Å². The molecule has 1 aromatic rings. The summed E-state index contributed by atoms with van der Waals surface area (Å²) in [5, 5.41) is 0. The van der Waals surface area contributed by atoms with Crippen molar-refractivity contribution < 1.29 is 22.3 Å². The molecule has 1 aromatic carbocycles. The third-order valence-electron chi connectivity index (χ3n) is 2.33. The molecule has 0 amide bonds. The van der Waals surface area contributed by atoms with Gasteiger partial charge in [0, 0.05) is 6.04 Å². The fourth-order valence-corrected chi connectivity index (χ4v) is 1.46. The Balaban J connectivity index is 0.00000324. The smallest absolute Gasteiger partial charge is 0.403 e. The zero-order chi connectivity index (χ0) is 13.8. The predicted octanol–water partition coefficient (Wildman–Crippen LogP) is 2.88. The zero-order valence-electron chi connectivity index (χ0n) is 9.91. The molecule has 0 radical (unpaired) electrons. The second kappa shape index (κ2) is 7.52. The van der Waals surface area contributed by atoms with Crippen LogP contribution in [0.5, 0.6) is 5.75 Å². The second-order valence-corrected chi connectivity index (χ2v) is 3.78. The highest BCUT2D eigenvalue weighted by Crippen LogP contribution is 2.28. The Morgan fingerprint density at radius 1 is 1.26 bits per heavy atom. The van der Waals surface area contributed by atoms with Crippen LogP contribution in [-0.2, 0) is 0 Å². The number of ether oxygens (including phenoxy) is 1. The number of nitrogens with two attached hydrogens (primary N) is 2. The van der Waals surface area contributed by atoms with E-state index in [-0.39, 0.29) is 12.4 Å². The van der Waals surface area contributed by atoms with Gasteiger partial charge in [-0.3, -0.25) is 0 Å². The van der Waals surface area contributed by atoms with E-state index >= 15 is 0 Å². The van der Waals surface area contributed by atoms with Crippen LogP contribution >= 0.6 is 12.4 Å². The van der Waals surface area contributed by atoms with Crippen molar-refractivity contribution in [3.8, 4) is 5.75 Å². The zero-order valence-corrected chi connectivity index (χ0v) is 10.7. The lowest BCUT2D eigenvalue weighted by molar-refractivity contribution is -0.275. The summed E-state index contributed by atoms with van der Waals surface area (Å²) in [4.78, 5) is 0. The molecule has 0 unspecified atom stereocenters. The quantitative estimate of drug-likeness (QED) is 0.822. The summed E-state index contributed by atoms with van der Waals surface area (Å²) < 4.78 is 52.6. The summed E-state index contributed by atoms with van der Waals surface area (Å²) in [7, 11) is 0. The molecule has 0 spiro atoms. The normalized spacial score (nSPS) is 12.7. The molecule has 0 aliphatic heterocycles. The van der Waals surface area contributed by atoms with Crippen LogP contribution in [0.1, 0.15) is 24.4 Å². The van der Waals surface area contributed by atoms with Crippen LogP contribution in [0.15, 0.2) is 18.2 Å². The van der Waals surface area contributed by atoms with Gasteiger partial charge in [-0.05, 0) is 37.1 Å². The van der Waals surface area contributed by atoms with Gasteiger partial charge in [0.2, 0.25) is 0 Å². The van der Waals surface area contributed by atoms with E-state index in [4.69, 9.17) is 11.5 Å². The lowest BCUT2D eigenvalue weighted by Gasteiger charge is -2.14. The van der Waals surface area contributed by atoms with Crippen molar-refractivity contribution in [2.24, 2.45) is 11.5 Å². The Bertz CT molecular complexity index is 401. The minimum absolute atomic E-state index is 0. The summed E-state index contributed by atoms with van der Waals surface area (Å²) >= 11 is 0. The first-order chi connectivity index (χ1) is 8.33. The standard InChI is InChI=1S/C11H14F4N2O.ClH/c12-8-6-7(9(17)2-1-5-16)3-4-10(8)18-11(13,14)15;/h3-4,6,9H,1-2,5,16-17H2;1H/t9-;/m1./s1. The molecule has 110 valence electrons. The third kappa shape index (κ3) is 6.09. The highest BCUT2D eigenvalue weighted by molar-refractivity contribution is 5.85. The van der Waals surface area contributed by atoms with E-state index in [1.807, 2.05) is 0 Å². The van der Waals surface area contributed by atoms with Gasteiger partial charge in [-0.15, -0.1) is 25.6 Å². The van der Waals surface area contributed by atoms with Crippen LogP contribution in [0.3, 0.4) is 0 Å². The second-order valence-electron chi connectivity index (χ2n) is 3.78. The molecule has 0 heterocycles. The molecular formula is C11H15ClF4N2O. The topological polar surface area (TPSA) is 61.3 Å². The van der Waals surface area contributed by atoms with E-state index in [2.05, 4.69) is 4.74 Å². The monoisotopic (exact) mass is 302 g/mol. The highest BCUT2D eigenvalue weighted by Gasteiger charge is 2.32. The minimum Gasteiger partial charge on any atom is -0.403 e. The van der Waals surface area contributed by atoms with Gasteiger partial charge >= 0.3 is 6.36 Å². The van der Waals surface area contributed by atoms with Crippen LogP contribution in [-0.4, -0.2) is 12.9 Å². The molecule has 0 saturated carbocycles. The summed E-state index contributed by atoms with van der Waals surface area (Å²) in [5.41, 5.74) is 11.5. The first-order valence-electron chi connectivity index (χ1n) is 5.34. The van der Waals surface area contributed by atoms with Crippen LogP contribution < -0.4 is 16.2 Å². The van der Waals surface area contributed by atoms with Crippen LogP contribution in [0.4, 0.5) is 17.6 Å². The Morgan fingerprint density at radius 3 is 2.37 bits per heavy atom. The van der Waals surface area contributed by atoms with Gasteiger partial charge in [0.25, 0.3) is 0 Å². The van der Waals surface area contributed by atoms with Crippen molar-refractivity contribution in [2.75, 3.05) is 6.54 Å². The molecular weight excluding hydrogens is 288 g/mol. The highest BCUT2D eigenvalue weighted by atomic mass is 35.5. The van der Waals surface area contributed by atoms with Gasteiger partial charge in [-0.2, -0.15) is 0 Å². The Hall–Kier alpha value is -1.05. The molecule has 0 aliphatic rings. The Kier molecular flexibility index (Phi) is 7.10. The van der Waals surface area contributed by atoms with E-state index in [0.29, 0.717) is 24.9 Å². The average molecular weight is 303 g/mol. The molecule has 0 aliphatic carbocycles. The van der Waals surface area contributed by atoms with Gasteiger partial charge in [0.15, 0.2) is 11.6 Å². The maximum Gasteiger partial charge on any atom is 0.573 e. The molecule has 19 heavy (non-hydrogen) atoms. The first-order valence-corrected chi connectivity index (χ1v) is 5.34. The van der Waals surface area contributed by atoms with Gasteiger partial charge < -0.3 is 16.2 Å². The molecule has 0 bridgehead atoms. The third-order valence-corrected chi connectivity index (χ3v) is 2.33. The molecule has 8 heteroatoms. The van der Waals surface area contributed by atoms with Crippen molar-refractivity contribution in [1.82, 2.24) is 0 Å². The van der Waals surface area contributed by atoms with Gasteiger partial charge in [0.05, 0.1) is 0 Å². The van der Waals surface area contributed by atoms with Gasteiger partial charge in [-0.25, -0.2) is 4.39 Å². The fraction of sp³-hybridized carbons (Fsp3) is 0.455. The number of rotatable bonds is 5. The first kappa shape index (κ1) is 17.9. The summed E-state index contributed by atoms with van der Waals surface area (Å²) in [6, 6.07) is 2.72. The molecule has 3 nitrogen and oxygen atoms in total. The lowest BCUT2D eigenvalue weighted by atomic mass is 10.0. The average Bonchev–Trinajstić information content (AvgIpc) is 2.27. The molecule has 0 aromatic heterocycles. The van der Waals surface area contributed by atoms with Crippen LogP contribution in [0, 0.1) is 5.82 Å². The Morgan fingerprint density at radius 2 is 1.89 bits per heavy atom.